The Kier molecular flexibility index (Phi) is 5.47. The number of benzene rings is 1. The lowest BCUT2D eigenvalue weighted by molar-refractivity contribution is -0.153. The van der Waals surface area contributed by atoms with Gasteiger partial charge in [0.25, 0.3) is 0 Å². The quantitative estimate of drug-likeness (QED) is 0.895. The first-order valence-electron chi connectivity index (χ1n) is 6.18. The molecule has 0 aliphatic heterocycles. The first-order chi connectivity index (χ1) is 9.28. The maximum Gasteiger partial charge on any atom is 0.422 e. The highest BCUT2D eigenvalue weighted by Crippen LogP contribution is 2.30. The zero-order chi connectivity index (χ0) is 14.8. The molecule has 1 aliphatic rings. The van der Waals surface area contributed by atoms with E-state index in [1.54, 1.807) is 0 Å². The number of amides is 1. The minimum atomic E-state index is -4.37. The summed E-state index contributed by atoms with van der Waals surface area (Å²) in [6.45, 7) is -1.34. The number of hydrogen-bond donors (Lipinski definition) is 2. The van der Waals surface area contributed by atoms with E-state index in [1.807, 2.05) is 0 Å². The van der Waals surface area contributed by atoms with E-state index in [2.05, 4.69) is 10.1 Å². The number of carbonyl (C=O) groups is 1. The molecule has 21 heavy (non-hydrogen) atoms. The van der Waals surface area contributed by atoms with Crippen LogP contribution in [0.5, 0.6) is 5.75 Å². The highest BCUT2D eigenvalue weighted by molar-refractivity contribution is 5.98. The summed E-state index contributed by atoms with van der Waals surface area (Å²) in [6, 6.07) is 5.69. The Labute approximate surface area is 126 Å². The predicted molar refractivity (Wildman–Crippen MR) is 74.6 cm³/mol. The average molecular weight is 325 g/mol. The van der Waals surface area contributed by atoms with E-state index in [9.17, 15) is 18.0 Å². The Balaban J connectivity index is 0.00000220. The average Bonchev–Trinajstić information content (AvgIpc) is 2.34. The molecular formula is C13H16ClF3N2O2. The van der Waals surface area contributed by atoms with Crippen molar-refractivity contribution >= 4 is 24.0 Å². The van der Waals surface area contributed by atoms with Gasteiger partial charge in [-0.25, -0.2) is 0 Å². The molecule has 0 saturated heterocycles. The number of rotatable bonds is 4. The molecule has 0 spiro atoms. The number of halogens is 4. The number of nitrogens with one attached hydrogen (secondary N) is 1. The van der Waals surface area contributed by atoms with Crippen molar-refractivity contribution in [1.82, 2.24) is 0 Å². The molecule has 0 heterocycles. The molecule has 2 rings (SSSR count). The van der Waals surface area contributed by atoms with Crippen LogP contribution in [0.1, 0.15) is 19.3 Å². The van der Waals surface area contributed by atoms with Crippen LogP contribution >= 0.6 is 12.4 Å². The molecule has 1 aromatic rings. The van der Waals surface area contributed by atoms with Crippen molar-refractivity contribution in [2.75, 3.05) is 11.9 Å². The molecule has 0 radical (unpaired) electrons. The zero-order valence-electron chi connectivity index (χ0n) is 11.1. The summed E-state index contributed by atoms with van der Waals surface area (Å²) >= 11 is 0. The van der Waals surface area contributed by atoms with Gasteiger partial charge in [-0.15, -0.1) is 12.4 Å². The van der Waals surface area contributed by atoms with Crippen LogP contribution in [0.25, 0.3) is 0 Å². The molecule has 1 fully saturated rings. The van der Waals surface area contributed by atoms with Crippen LogP contribution in [0.15, 0.2) is 24.3 Å². The SMILES string of the molecule is Cl.NC1(C(=O)Nc2ccc(OCC(F)(F)F)cc2)CCC1. The number of hydrogen-bond acceptors (Lipinski definition) is 3. The van der Waals surface area contributed by atoms with Crippen LogP contribution in [-0.2, 0) is 4.79 Å². The largest absolute Gasteiger partial charge is 0.484 e. The van der Waals surface area contributed by atoms with Gasteiger partial charge in [-0.1, -0.05) is 0 Å². The monoisotopic (exact) mass is 324 g/mol. The number of anilines is 1. The second-order valence-electron chi connectivity index (χ2n) is 4.89. The van der Waals surface area contributed by atoms with E-state index in [-0.39, 0.29) is 24.1 Å². The number of carbonyl (C=O) groups excluding carboxylic acids is 1. The third-order valence-corrected chi connectivity index (χ3v) is 3.21. The van der Waals surface area contributed by atoms with Crippen LogP contribution in [0.3, 0.4) is 0 Å². The van der Waals surface area contributed by atoms with Gasteiger partial charge in [0.1, 0.15) is 5.75 Å². The van der Waals surface area contributed by atoms with Crippen LogP contribution < -0.4 is 15.8 Å². The summed E-state index contributed by atoms with van der Waals surface area (Å²) < 4.78 is 40.5. The van der Waals surface area contributed by atoms with Gasteiger partial charge >= 0.3 is 6.18 Å². The Morgan fingerprint density at radius 2 is 1.86 bits per heavy atom. The summed E-state index contributed by atoms with van der Waals surface area (Å²) in [5.41, 5.74) is 5.52. The summed E-state index contributed by atoms with van der Waals surface area (Å²) in [7, 11) is 0. The van der Waals surface area contributed by atoms with Crippen LogP contribution in [-0.4, -0.2) is 24.2 Å². The maximum atomic E-state index is 12.0. The standard InChI is InChI=1S/C13H15F3N2O2.ClH/c14-13(15,16)8-20-10-4-2-9(3-5-10)18-11(19)12(17)6-1-7-12;/h2-5H,1,6-8,17H2,(H,18,19);1H. The fourth-order valence-corrected chi connectivity index (χ4v) is 1.84. The lowest BCUT2D eigenvalue weighted by atomic mass is 9.77. The van der Waals surface area contributed by atoms with Gasteiger partial charge in [0.2, 0.25) is 5.91 Å². The predicted octanol–water partition coefficient (Wildman–Crippen LogP) is 2.87. The van der Waals surface area contributed by atoms with Gasteiger partial charge in [0.15, 0.2) is 6.61 Å². The van der Waals surface area contributed by atoms with Crippen molar-refractivity contribution < 1.29 is 22.7 Å². The van der Waals surface area contributed by atoms with E-state index in [4.69, 9.17) is 5.73 Å². The topological polar surface area (TPSA) is 64.4 Å². The summed E-state index contributed by atoms with van der Waals surface area (Å²) in [5.74, 6) is -0.181. The van der Waals surface area contributed by atoms with Crippen LogP contribution in [0.4, 0.5) is 18.9 Å². The Morgan fingerprint density at radius 1 is 1.29 bits per heavy atom. The molecular weight excluding hydrogens is 309 g/mol. The first kappa shape index (κ1) is 17.6. The van der Waals surface area contributed by atoms with E-state index in [1.165, 1.54) is 24.3 Å². The van der Waals surface area contributed by atoms with E-state index < -0.39 is 18.3 Å². The fraction of sp³-hybridized carbons (Fsp3) is 0.462. The highest BCUT2D eigenvalue weighted by Gasteiger charge is 2.40. The Morgan fingerprint density at radius 3 is 2.29 bits per heavy atom. The molecule has 1 aliphatic carbocycles. The molecule has 1 amide bonds. The molecule has 4 nitrogen and oxygen atoms in total. The number of alkyl halides is 3. The lowest BCUT2D eigenvalue weighted by Crippen LogP contribution is -2.56. The van der Waals surface area contributed by atoms with Crippen molar-refractivity contribution in [2.45, 2.75) is 31.0 Å². The van der Waals surface area contributed by atoms with Crippen LogP contribution in [0.2, 0.25) is 0 Å². The summed E-state index contributed by atoms with van der Waals surface area (Å²) in [4.78, 5) is 11.8. The molecule has 0 atom stereocenters. The number of nitrogens with two attached hydrogens (primary N) is 1. The molecule has 1 aromatic carbocycles. The van der Waals surface area contributed by atoms with Gasteiger partial charge in [-0.2, -0.15) is 13.2 Å². The zero-order valence-corrected chi connectivity index (χ0v) is 11.9. The van der Waals surface area contributed by atoms with Gasteiger partial charge in [-0.3, -0.25) is 4.79 Å². The van der Waals surface area contributed by atoms with Gasteiger partial charge in [0, 0.05) is 5.69 Å². The molecule has 118 valence electrons. The van der Waals surface area contributed by atoms with Crippen molar-refractivity contribution in [2.24, 2.45) is 5.73 Å². The van der Waals surface area contributed by atoms with Gasteiger partial charge in [0.05, 0.1) is 5.54 Å². The smallest absolute Gasteiger partial charge is 0.422 e. The van der Waals surface area contributed by atoms with Gasteiger partial charge in [-0.05, 0) is 43.5 Å². The van der Waals surface area contributed by atoms with E-state index in [0.29, 0.717) is 18.5 Å². The summed E-state index contributed by atoms with van der Waals surface area (Å²) in [5, 5.41) is 2.64. The normalized spacial score (nSPS) is 16.4. The first-order valence-corrected chi connectivity index (χ1v) is 6.18. The second kappa shape index (κ2) is 6.53. The van der Waals surface area contributed by atoms with E-state index in [0.717, 1.165) is 6.42 Å². The molecule has 8 heteroatoms. The third kappa shape index (κ3) is 4.78. The van der Waals surface area contributed by atoms with Crippen molar-refractivity contribution in [1.29, 1.82) is 0 Å². The number of ether oxygens (including phenoxy) is 1. The van der Waals surface area contributed by atoms with Crippen LogP contribution in [0, 0.1) is 0 Å². The van der Waals surface area contributed by atoms with Gasteiger partial charge < -0.3 is 15.8 Å². The van der Waals surface area contributed by atoms with Crippen molar-refractivity contribution in [3.63, 3.8) is 0 Å². The third-order valence-electron chi connectivity index (χ3n) is 3.21. The maximum absolute atomic E-state index is 12.0. The Bertz CT molecular complexity index is 487. The Hall–Kier alpha value is -1.47. The molecule has 0 unspecified atom stereocenters. The second-order valence-corrected chi connectivity index (χ2v) is 4.89. The minimum Gasteiger partial charge on any atom is -0.484 e. The fourth-order valence-electron chi connectivity index (χ4n) is 1.84. The van der Waals surface area contributed by atoms with Crippen molar-refractivity contribution in [3.8, 4) is 5.75 Å². The molecule has 0 aromatic heterocycles. The highest BCUT2D eigenvalue weighted by atomic mass is 35.5. The minimum absolute atomic E-state index is 0. The summed E-state index contributed by atoms with van der Waals surface area (Å²) in [6.07, 6.45) is -2.16. The lowest BCUT2D eigenvalue weighted by Gasteiger charge is -2.36. The molecule has 1 saturated carbocycles. The van der Waals surface area contributed by atoms with E-state index >= 15 is 0 Å². The molecule has 0 bridgehead atoms. The molecule has 3 N–H and O–H groups in total. The van der Waals surface area contributed by atoms with Crippen molar-refractivity contribution in [3.05, 3.63) is 24.3 Å².